The molecule has 0 unspecified atom stereocenters. The highest BCUT2D eigenvalue weighted by atomic mass is 32.2. The fourth-order valence-corrected chi connectivity index (χ4v) is 3.09. The third-order valence-electron chi connectivity index (χ3n) is 3.31. The van der Waals surface area contributed by atoms with Crippen molar-refractivity contribution in [1.82, 2.24) is 14.2 Å². The van der Waals surface area contributed by atoms with Crippen LogP contribution in [0, 0.1) is 0 Å². The molecule has 1 saturated heterocycles. The molecular weight excluding hydrogens is 264 g/mol. The number of piperazine rings is 1. The van der Waals surface area contributed by atoms with E-state index < -0.39 is 10.0 Å². The number of pyridine rings is 1. The van der Waals surface area contributed by atoms with Gasteiger partial charge in [0.1, 0.15) is 10.7 Å². The lowest BCUT2D eigenvalue weighted by Gasteiger charge is -2.34. The van der Waals surface area contributed by atoms with E-state index in [0.717, 1.165) is 26.2 Å². The van der Waals surface area contributed by atoms with Crippen molar-refractivity contribution in [3.63, 3.8) is 0 Å². The van der Waals surface area contributed by atoms with Gasteiger partial charge in [0.2, 0.25) is 10.0 Å². The van der Waals surface area contributed by atoms with Crippen LogP contribution >= 0.6 is 0 Å². The second-order valence-corrected chi connectivity index (χ2v) is 7.02. The Morgan fingerprint density at radius 3 is 2.42 bits per heavy atom. The van der Waals surface area contributed by atoms with Crippen LogP contribution in [0.5, 0.6) is 0 Å². The van der Waals surface area contributed by atoms with Gasteiger partial charge in [-0.2, -0.15) is 0 Å². The van der Waals surface area contributed by atoms with E-state index in [2.05, 4.69) is 16.9 Å². The Morgan fingerprint density at radius 2 is 1.84 bits per heavy atom. The Hall–Kier alpha value is -1.18. The molecule has 19 heavy (non-hydrogen) atoms. The van der Waals surface area contributed by atoms with Crippen LogP contribution < -0.4 is 4.90 Å². The van der Waals surface area contributed by atoms with E-state index in [1.807, 2.05) is 4.90 Å². The second kappa shape index (κ2) is 5.44. The molecule has 2 heterocycles. The summed E-state index contributed by atoms with van der Waals surface area (Å²) >= 11 is 0. The molecule has 6 nitrogen and oxygen atoms in total. The minimum absolute atomic E-state index is 0.282. The van der Waals surface area contributed by atoms with Crippen LogP contribution in [0.1, 0.15) is 0 Å². The zero-order valence-corrected chi connectivity index (χ0v) is 12.4. The maximum atomic E-state index is 12.3. The molecular formula is C12H20N4O2S. The molecule has 106 valence electrons. The highest BCUT2D eigenvalue weighted by Crippen LogP contribution is 2.25. The summed E-state index contributed by atoms with van der Waals surface area (Å²) in [5.41, 5.74) is 0. The molecule has 0 aromatic carbocycles. The molecule has 0 saturated carbocycles. The van der Waals surface area contributed by atoms with Gasteiger partial charge in [-0.25, -0.2) is 17.7 Å². The molecule has 0 bridgehead atoms. The minimum atomic E-state index is -3.45. The van der Waals surface area contributed by atoms with Gasteiger partial charge in [0.05, 0.1) is 0 Å². The van der Waals surface area contributed by atoms with Crippen molar-refractivity contribution in [2.45, 2.75) is 4.90 Å². The van der Waals surface area contributed by atoms with Gasteiger partial charge in [-0.15, -0.1) is 0 Å². The number of hydrogen-bond acceptors (Lipinski definition) is 5. The molecule has 0 N–H and O–H groups in total. The van der Waals surface area contributed by atoms with Gasteiger partial charge in [-0.05, 0) is 19.2 Å². The first-order valence-corrected chi connectivity index (χ1v) is 7.68. The highest BCUT2D eigenvalue weighted by Gasteiger charge is 2.26. The van der Waals surface area contributed by atoms with E-state index in [1.54, 1.807) is 18.3 Å². The van der Waals surface area contributed by atoms with Crippen molar-refractivity contribution in [1.29, 1.82) is 0 Å². The lowest BCUT2D eigenvalue weighted by molar-refractivity contribution is 0.311. The van der Waals surface area contributed by atoms with Crippen LogP contribution in [0.3, 0.4) is 0 Å². The summed E-state index contributed by atoms with van der Waals surface area (Å²) in [6.07, 6.45) is 1.64. The number of anilines is 1. The average molecular weight is 284 g/mol. The Kier molecular flexibility index (Phi) is 4.07. The molecule has 1 aromatic rings. The molecule has 0 amide bonds. The molecule has 0 radical (unpaired) electrons. The van der Waals surface area contributed by atoms with Crippen LogP contribution in [0.25, 0.3) is 0 Å². The topological polar surface area (TPSA) is 56.8 Å². The quantitative estimate of drug-likeness (QED) is 0.787. The third-order valence-corrected chi connectivity index (χ3v) is 5.15. The predicted octanol–water partition coefficient (Wildman–Crippen LogP) is 0.0837. The van der Waals surface area contributed by atoms with Gasteiger partial charge in [0, 0.05) is 46.5 Å². The van der Waals surface area contributed by atoms with Gasteiger partial charge in [0.25, 0.3) is 0 Å². The zero-order chi connectivity index (χ0) is 14.0. The van der Waals surface area contributed by atoms with Crippen molar-refractivity contribution in [3.05, 3.63) is 18.3 Å². The molecule has 1 fully saturated rings. The molecule has 1 aromatic heterocycles. The molecule has 7 heteroatoms. The SMILES string of the molecule is CN1CCN(c2ncccc2S(=O)(=O)N(C)C)CC1. The molecule has 0 spiro atoms. The lowest BCUT2D eigenvalue weighted by atomic mass is 10.3. The fourth-order valence-electron chi connectivity index (χ4n) is 2.04. The Bertz CT molecular complexity index is 536. The number of likely N-dealkylation sites (N-methyl/N-ethyl adjacent to an activating group) is 1. The van der Waals surface area contributed by atoms with E-state index in [0.29, 0.717) is 5.82 Å². The van der Waals surface area contributed by atoms with E-state index >= 15 is 0 Å². The number of nitrogens with zero attached hydrogens (tertiary/aromatic N) is 4. The summed E-state index contributed by atoms with van der Waals surface area (Å²) in [7, 11) is 1.68. The lowest BCUT2D eigenvalue weighted by Crippen LogP contribution is -2.45. The van der Waals surface area contributed by atoms with Crippen LogP contribution in [-0.4, -0.2) is 69.9 Å². The van der Waals surface area contributed by atoms with E-state index in [4.69, 9.17) is 0 Å². The number of aromatic nitrogens is 1. The summed E-state index contributed by atoms with van der Waals surface area (Å²) in [5, 5.41) is 0. The number of rotatable bonds is 3. The molecule has 2 rings (SSSR count). The van der Waals surface area contributed by atoms with Crippen LogP contribution in [-0.2, 0) is 10.0 Å². The number of sulfonamides is 1. The Balaban J connectivity index is 2.37. The van der Waals surface area contributed by atoms with E-state index in [1.165, 1.54) is 18.4 Å². The highest BCUT2D eigenvalue weighted by molar-refractivity contribution is 7.89. The van der Waals surface area contributed by atoms with Gasteiger partial charge in [-0.3, -0.25) is 0 Å². The summed E-state index contributed by atoms with van der Waals surface area (Å²) in [6, 6.07) is 3.28. The first kappa shape index (κ1) is 14.2. The summed E-state index contributed by atoms with van der Waals surface area (Å²) in [5.74, 6) is 0.560. The summed E-state index contributed by atoms with van der Waals surface area (Å²) in [6.45, 7) is 3.42. The van der Waals surface area contributed by atoms with E-state index in [9.17, 15) is 8.42 Å². The van der Waals surface area contributed by atoms with Crippen molar-refractivity contribution in [3.8, 4) is 0 Å². The molecule has 1 aliphatic rings. The molecule has 1 aliphatic heterocycles. The van der Waals surface area contributed by atoms with Gasteiger partial charge < -0.3 is 9.80 Å². The first-order chi connectivity index (χ1) is 8.93. The average Bonchev–Trinajstić information content (AvgIpc) is 2.39. The van der Waals surface area contributed by atoms with Gasteiger partial charge in [-0.1, -0.05) is 0 Å². The monoisotopic (exact) mass is 284 g/mol. The van der Waals surface area contributed by atoms with Crippen LogP contribution in [0.15, 0.2) is 23.2 Å². The van der Waals surface area contributed by atoms with Crippen molar-refractivity contribution in [2.24, 2.45) is 0 Å². The number of hydrogen-bond donors (Lipinski definition) is 0. The molecule has 0 aliphatic carbocycles. The first-order valence-electron chi connectivity index (χ1n) is 6.24. The van der Waals surface area contributed by atoms with Crippen molar-refractivity contribution < 1.29 is 8.42 Å². The second-order valence-electron chi connectivity index (χ2n) is 4.90. The third kappa shape index (κ3) is 2.88. The maximum Gasteiger partial charge on any atom is 0.246 e. The zero-order valence-electron chi connectivity index (χ0n) is 11.6. The van der Waals surface area contributed by atoms with Gasteiger partial charge in [0.15, 0.2) is 0 Å². The standard InChI is InChI=1S/C12H20N4O2S/c1-14(2)19(17,18)11-5-4-6-13-12(11)16-9-7-15(3)8-10-16/h4-6H,7-10H2,1-3H3. The molecule has 0 atom stereocenters. The Morgan fingerprint density at radius 1 is 1.21 bits per heavy atom. The van der Waals surface area contributed by atoms with E-state index in [-0.39, 0.29) is 4.90 Å². The van der Waals surface area contributed by atoms with Crippen LogP contribution in [0.4, 0.5) is 5.82 Å². The largest absolute Gasteiger partial charge is 0.353 e. The van der Waals surface area contributed by atoms with Crippen molar-refractivity contribution in [2.75, 3.05) is 52.2 Å². The minimum Gasteiger partial charge on any atom is -0.353 e. The Labute approximate surface area is 114 Å². The fraction of sp³-hybridized carbons (Fsp3) is 0.583. The van der Waals surface area contributed by atoms with Crippen LogP contribution in [0.2, 0.25) is 0 Å². The summed E-state index contributed by atoms with van der Waals surface area (Å²) < 4.78 is 25.8. The van der Waals surface area contributed by atoms with Crippen molar-refractivity contribution >= 4 is 15.8 Å². The summed E-state index contributed by atoms with van der Waals surface area (Å²) in [4.78, 5) is 8.82. The predicted molar refractivity (Wildman–Crippen MR) is 74.8 cm³/mol. The smallest absolute Gasteiger partial charge is 0.246 e. The normalized spacial score (nSPS) is 18.0. The maximum absolute atomic E-state index is 12.3. The van der Waals surface area contributed by atoms with Gasteiger partial charge >= 0.3 is 0 Å².